The van der Waals surface area contributed by atoms with Crippen LogP contribution < -0.4 is 5.32 Å². The van der Waals surface area contributed by atoms with Crippen molar-refractivity contribution in [3.8, 4) is 0 Å². The molecule has 0 bridgehead atoms. The number of hydrogen-bond donors (Lipinski definition) is 2. The van der Waals surface area contributed by atoms with Crippen LogP contribution >= 0.6 is 0 Å². The third-order valence-electron chi connectivity index (χ3n) is 2.62. The topological polar surface area (TPSA) is 41.5 Å². The van der Waals surface area contributed by atoms with Crippen molar-refractivity contribution in [1.29, 1.82) is 0 Å². The quantitative estimate of drug-likeness (QED) is 0.702. The van der Waals surface area contributed by atoms with Crippen LogP contribution in [0.3, 0.4) is 0 Å². The van der Waals surface area contributed by atoms with Gasteiger partial charge in [0.1, 0.15) is 11.6 Å². The van der Waals surface area contributed by atoms with Gasteiger partial charge in [0.2, 0.25) is 0 Å². The van der Waals surface area contributed by atoms with Gasteiger partial charge in [0.15, 0.2) is 0 Å². The largest absolute Gasteiger partial charge is 0.394 e. The van der Waals surface area contributed by atoms with E-state index in [1.807, 2.05) is 6.92 Å². The normalized spacial score (nSPS) is 12.7. The van der Waals surface area contributed by atoms with Crippen molar-refractivity contribution >= 4 is 0 Å². The molecule has 1 rings (SSSR count). The molecule has 0 heterocycles. The summed E-state index contributed by atoms with van der Waals surface area (Å²) in [6.07, 6.45) is 0.697. The highest BCUT2D eigenvalue weighted by Gasteiger charge is 2.13. The third-order valence-corrected chi connectivity index (χ3v) is 2.62. The molecule has 2 N–H and O–H groups in total. The Morgan fingerprint density at radius 1 is 1.33 bits per heavy atom. The van der Waals surface area contributed by atoms with Gasteiger partial charge in [-0.2, -0.15) is 0 Å². The van der Waals surface area contributed by atoms with Gasteiger partial charge in [-0.3, -0.25) is 0 Å². The van der Waals surface area contributed by atoms with Crippen LogP contribution in [0.15, 0.2) is 18.2 Å². The highest BCUT2D eigenvalue weighted by Crippen LogP contribution is 2.20. The minimum absolute atomic E-state index is 0.0101. The van der Waals surface area contributed by atoms with E-state index in [0.717, 1.165) is 6.07 Å². The summed E-state index contributed by atoms with van der Waals surface area (Å²) >= 11 is 0. The molecule has 0 spiro atoms. The number of benzene rings is 1. The Bertz CT molecular complexity index is 361. The summed E-state index contributed by atoms with van der Waals surface area (Å²) in [6, 6.07) is 3.44. The zero-order valence-electron chi connectivity index (χ0n) is 10.5. The van der Waals surface area contributed by atoms with Gasteiger partial charge in [0.25, 0.3) is 0 Å². The second kappa shape index (κ2) is 8.13. The van der Waals surface area contributed by atoms with Crippen LogP contribution in [0.4, 0.5) is 8.78 Å². The van der Waals surface area contributed by atoms with Crippen molar-refractivity contribution in [2.45, 2.75) is 19.4 Å². The van der Waals surface area contributed by atoms with Crippen molar-refractivity contribution in [2.75, 3.05) is 26.4 Å². The molecule has 0 aromatic heterocycles. The molecule has 0 amide bonds. The van der Waals surface area contributed by atoms with Crippen molar-refractivity contribution in [3.63, 3.8) is 0 Å². The number of aliphatic hydroxyl groups excluding tert-OH is 1. The monoisotopic (exact) mass is 259 g/mol. The van der Waals surface area contributed by atoms with Gasteiger partial charge in [-0.15, -0.1) is 0 Å². The Kier molecular flexibility index (Phi) is 6.78. The molecule has 1 aromatic rings. The predicted molar refractivity (Wildman–Crippen MR) is 65.3 cm³/mol. The number of ether oxygens (including phenoxy) is 1. The minimum atomic E-state index is -0.572. The summed E-state index contributed by atoms with van der Waals surface area (Å²) in [4.78, 5) is 0. The van der Waals surface area contributed by atoms with Gasteiger partial charge in [0.05, 0.1) is 19.8 Å². The van der Waals surface area contributed by atoms with E-state index < -0.39 is 11.6 Å². The van der Waals surface area contributed by atoms with Gasteiger partial charge < -0.3 is 15.2 Å². The first-order valence-corrected chi connectivity index (χ1v) is 6.06. The molecular weight excluding hydrogens is 240 g/mol. The summed E-state index contributed by atoms with van der Waals surface area (Å²) in [5, 5.41) is 11.7. The lowest BCUT2D eigenvalue weighted by molar-refractivity contribution is 0.0924. The highest BCUT2D eigenvalue weighted by atomic mass is 19.1. The summed E-state index contributed by atoms with van der Waals surface area (Å²) < 4.78 is 31.5. The molecule has 1 aromatic carbocycles. The third kappa shape index (κ3) is 4.68. The summed E-state index contributed by atoms with van der Waals surface area (Å²) in [5.41, 5.74) is 0.459. The van der Waals surface area contributed by atoms with Gasteiger partial charge >= 0.3 is 0 Å². The molecule has 5 heteroatoms. The van der Waals surface area contributed by atoms with E-state index in [1.165, 1.54) is 12.1 Å². The Labute approximate surface area is 106 Å². The lowest BCUT2D eigenvalue weighted by atomic mass is 10.0. The molecule has 0 saturated heterocycles. The molecule has 1 unspecified atom stereocenters. The molecule has 0 aliphatic carbocycles. The molecule has 3 nitrogen and oxygen atoms in total. The molecule has 18 heavy (non-hydrogen) atoms. The zero-order chi connectivity index (χ0) is 13.4. The lowest BCUT2D eigenvalue weighted by Crippen LogP contribution is -2.26. The number of aliphatic hydroxyl groups is 1. The highest BCUT2D eigenvalue weighted by molar-refractivity contribution is 5.22. The van der Waals surface area contributed by atoms with E-state index in [2.05, 4.69) is 5.32 Å². The fourth-order valence-electron chi connectivity index (χ4n) is 1.73. The Hall–Kier alpha value is -1.04. The first-order chi connectivity index (χ1) is 8.69. The maximum Gasteiger partial charge on any atom is 0.130 e. The zero-order valence-corrected chi connectivity index (χ0v) is 10.5. The molecule has 1 atom stereocenters. The van der Waals surface area contributed by atoms with Crippen LogP contribution in [0.2, 0.25) is 0 Å². The average Bonchev–Trinajstić information content (AvgIpc) is 2.35. The standard InChI is InChI=1S/C13H19F2NO2/c1-2-13(16-5-7-18-8-6-17)11-4-3-10(14)9-12(11)15/h3-4,9,13,16-17H,2,5-8H2,1H3. The SMILES string of the molecule is CCC(NCCOCCO)c1ccc(F)cc1F. The van der Waals surface area contributed by atoms with Gasteiger partial charge in [-0.25, -0.2) is 8.78 Å². The number of nitrogens with one attached hydrogen (secondary N) is 1. The minimum Gasteiger partial charge on any atom is -0.394 e. The summed E-state index contributed by atoms with van der Waals surface area (Å²) in [5.74, 6) is -1.11. The number of halogens is 2. The fourth-order valence-corrected chi connectivity index (χ4v) is 1.73. The number of rotatable bonds is 8. The summed E-state index contributed by atoms with van der Waals surface area (Å²) in [6.45, 7) is 3.21. The van der Waals surface area contributed by atoms with E-state index in [0.29, 0.717) is 31.7 Å². The second-order valence-corrected chi connectivity index (χ2v) is 3.92. The van der Waals surface area contributed by atoms with Crippen molar-refractivity contribution in [2.24, 2.45) is 0 Å². The maximum atomic E-state index is 13.6. The predicted octanol–water partition coefficient (Wildman–Crippen LogP) is 2.01. The second-order valence-electron chi connectivity index (χ2n) is 3.92. The van der Waals surface area contributed by atoms with Crippen LogP contribution in [0, 0.1) is 11.6 Å². The van der Waals surface area contributed by atoms with Crippen molar-refractivity contribution in [1.82, 2.24) is 5.32 Å². The average molecular weight is 259 g/mol. The Morgan fingerprint density at radius 3 is 2.72 bits per heavy atom. The Balaban J connectivity index is 2.49. The van der Waals surface area contributed by atoms with Gasteiger partial charge in [-0.05, 0) is 12.5 Å². The fraction of sp³-hybridized carbons (Fsp3) is 0.538. The number of hydrogen-bond acceptors (Lipinski definition) is 3. The van der Waals surface area contributed by atoms with Gasteiger partial charge in [0, 0.05) is 24.2 Å². The Morgan fingerprint density at radius 2 is 2.11 bits per heavy atom. The first-order valence-electron chi connectivity index (χ1n) is 6.06. The smallest absolute Gasteiger partial charge is 0.130 e. The van der Waals surface area contributed by atoms with Gasteiger partial charge in [-0.1, -0.05) is 13.0 Å². The van der Waals surface area contributed by atoms with Crippen LogP contribution in [0.5, 0.6) is 0 Å². The molecule has 0 fully saturated rings. The van der Waals surface area contributed by atoms with Crippen LogP contribution in [-0.2, 0) is 4.74 Å². The lowest BCUT2D eigenvalue weighted by Gasteiger charge is -2.18. The van der Waals surface area contributed by atoms with Crippen LogP contribution in [0.25, 0.3) is 0 Å². The maximum absolute atomic E-state index is 13.6. The molecule has 102 valence electrons. The van der Waals surface area contributed by atoms with E-state index in [-0.39, 0.29) is 12.6 Å². The summed E-state index contributed by atoms with van der Waals surface area (Å²) in [7, 11) is 0. The van der Waals surface area contributed by atoms with Crippen LogP contribution in [-0.4, -0.2) is 31.5 Å². The van der Waals surface area contributed by atoms with E-state index in [9.17, 15) is 8.78 Å². The molecular formula is C13H19F2NO2. The van der Waals surface area contributed by atoms with E-state index >= 15 is 0 Å². The molecule has 0 saturated carbocycles. The van der Waals surface area contributed by atoms with Crippen molar-refractivity contribution < 1.29 is 18.6 Å². The van der Waals surface area contributed by atoms with E-state index in [1.54, 1.807) is 0 Å². The van der Waals surface area contributed by atoms with Crippen LogP contribution in [0.1, 0.15) is 24.9 Å². The molecule has 0 aliphatic heterocycles. The molecule has 0 radical (unpaired) electrons. The molecule has 0 aliphatic rings. The van der Waals surface area contributed by atoms with Crippen molar-refractivity contribution in [3.05, 3.63) is 35.4 Å². The van der Waals surface area contributed by atoms with E-state index in [4.69, 9.17) is 9.84 Å². The first kappa shape index (κ1) is 15.0.